The molecule has 0 bridgehead atoms. The Labute approximate surface area is 199 Å². The van der Waals surface area contributed by atoms with Gasteiger partial charge >= 0.3 is 0 Å². The summed E-state index contributed by atoms with van der Waals surface area (Å²) >= 11 is 0. The second-order valence-electron chi connectivity index (χ2n) is 7.44. The number of nitrogens with one attached hydrogen (secondary N) is 2. The van der Waals surface area contributed by atoms with Gasteiger partial charge in [0.2, 0.25) is 0 Å². The molecule has 34 heavy (non-hydrogen) atoms. The number of hydrazone groups is 2. The number of methoxy groups -OCH3 is 2. The Morgan fingerprint density at radius 1 is 0.500 bits per heavy atom. The highest BCUT2D eigenvalue weighted by Crippen LogP contribution is 2.20. The van der Waals surface area contributed by atoms with Crippen LogP contribution in [-0.2, 0) is 0 Å². The van der Waals surface area contributed by atoms with E-state index in [4.69, 9.17) is 9.47 Å². The van der Waals surface area contributed by atoms with E-state index < -0.39 is 0 Å². The Hall–Kier alpha value is -4.58. The first-order valence-electron chi connectivity index (χ1n) is 10.8. The average molecular weight is 451 g/mol. The third-order valence-electron chi connectivity index (χ3n) is 5.15. The molecule has 170 valence electrons. The van der Waals surface area contributed by atoms with E-state index in [0.29, 0.717) is 0 Å². The van der Waals surface area contributed by atoms with Crippen molar-refractivity contribution in [2.75, 3.05) is 25.1 Å². The molecule has 0 aliphatic rings. The van der Waals surface area contributed by atoms with E-state index in [9.17, 15) is 0 Å². The molecule has 0 aliphatic carbocycles. The van der Waals surface area contributed by atoms with E-state index in [1.807, 2.05) is 72.8 Å². The van der Waals surface area contributed by atoms with Gasteiger partial charge in [-0.25, -0.2) is 0 Å². The fraction of sp³-hybridized carbons (Fsp3) is 0.0714. The maximum Gasteiger partial charge on any atom is 0.119 e. The number of ether oxygens (including phenoxy) is 2. The van der Waals surface area contributed by atoms with Gasteiger partial charge in [0.05, 0.1) is 38.0 Å². The van der Waals surface area contributed by atoms with Gasteiger partial charge in [-0.05, 0) is 70.8 Å². The number of anilines is 2. The Balaban J connectivity index is 1.31. The Kier molecular flexibility index (Phi) is 7.54. The number of hydrogen-bond donors (Lipinski definition) is 2. The lowest BCUT2D eigenvalue weighted by atomic mass is 10.0. The summed E-state index contributed by atoms with van der Waals surface area (Å²) in [6.07, 6.45) is 3.59. The van der Waals surface area contributed by atoms with Gasteiger partial charge in [-0.3, -0.25) is 10.9 Å². The summed E-state index contributed by atoms with van der Waals surface area (Å²) in [5.41, 5.74) is 12.1. The molecule has 0 heterocycles. The number of hydrogen-bond acceptors (Lipinski definition) is 6. The van der Waals surface area contributed by atoms with Crippen molar-refractivity contribution in [3.63, 3.8) is 0 Å². The van der Waals surface area contributed by atoms with Crippen LogP contribution in [0, 0.1) is 0 Å². The maximum atomic E-state index is 5.16. The van der Waals surface area contributed by atoms with Crippen LogP contribution >= 0.6 is 0 Å². The van der Waals surface area contributed by atoms with Gasteiger partial charge in [-0.15, -0.1) is 0 Å². The van der Waals surface area contributed by atoms with Crippen molar-refractivity contribution in [2.24, 2.45) is 10.2 Å². The highest BCUT2D eigenvalue weighted by atomic mass is 16.5. The lowest BCUT2D eigenvalue weighted by molar-refractivity contribution is 0.415. The molecule has 0 aliphatic heterocycles. The van der Waals surface area contributed by atoms with E-state index in [1.165, 1.54) is 0 Å². The lowest BCUT2D eigenvalue weighted by Gasteiger charge is -2.04. The molecule has 4 aromatic rings. The summed E-state index contributed by atoms with van der Waals surface area (Å²) in [7, 11) is 3.30. The number of rotatable bonds is 9. The van der Waals surface area contributed by atoms with Crippen LogP contribution in [0.5, 0.6) is 11.5 Å². The van der Waals surface area contributed by atoms with Crippen molar-refractivity contribution in [3.05, 3.63) is 108 Å². The van der Waals surface area contributed by atoms with E-state index in [0.717, 1.165) is 45.1 Å². The third-order valence-corrected chi connectivity index (χ3v) is 5.15. The second kappa shape index (κ2) is 11.3. The molecular formula is C28H26N4O2. The second-order valence-corrected chi connectivity index (χ2v) is 7.44. The van der Waals surface area contributed by atoms with Crippen LogP contribution in [0.3, 0.4) is 0 Å². The van der Waals surface area contributed by atoms with Gasteiger partial charge in [0.25, 0.3) is 0 Å². The van der Waals surface area contributed by atoms with Gasteiger partial charge in [-0.1, -0.05) is 48.5 Å². The molecule has 0 saturated heterocycles. The summed E-state index contributed by atoms with van der Waals surface area (Å²) in [6, 6.07) is 31.8. The van der Waals surface area contributed by atoms with E-state index in [2.05, 4.69) is 45.3 Å². The van der Waals surface area contributed by atoms with Crippen LogP contribution in [0.4, 0.5) is 11.4 Å². The fourth-order valence-corrected chi connectivity index (χ4v) is 3.22. The first-order valence-corrected chi connectivity index (χ1v) is 10.8. The quantitative estimate of drug-likeness (QED) is 0.233. The first kappa shape index (κ1) is 22.6. The average Bonchev–Trinajstić information content (AvgIpc) is 2.90. The third kappa shape index (κ3) is 6.23. The van der Waals surface area contributed by atoms with Crippen LogP contribution in [0.15, 0.2) is 107 Å². The van der Waals surface area contributed by atoms with Crippen molar-refractivity contribution in [2.45, 2.75) is 0 Å². The molecule has 0 amide bonds. The zero-order chi connectivity index (χ0) is 23.6. The van der Waals surface area contributed by atoms with Gasteiger partial charge < -0.3 is 9.47 Å². The molecule has 4 rings (SSSR count). The Morgan fingerprint density at radius 2 is 0.853 bits per heavy atom. The van der Waals surface area contributed by atoms with Crippen LogP contribution in [0.1, 0.15) is 11.1 Å². The fourth-order valence-electron chi connectivity index (χ4n) is 3.22. The molecule has 0 unspecified atom stereocenters. The minimum Gasteiger partial charge on any atom is -0.497 e. The standard InChI is InChI=1S/C28H26N4O2/c1-33-27-15-11-25(12-16-27)31-29-19-21-3-7-23(8-4-21)24-9-5-22(6-10-24)20-30-32-26-13-17-28(34-2)18-14-26/h3-20,31-32H,1-2H3/b29-19+,30-20+. The molecule has 0 fully saturated rings. The molecule has 0 aromatic heterocycles. The lowest BCUT2D eigenvalue weighted by Crippen LogP contribution is -1.91. The van der Waals surface area contributed by atoms with Crippen molar-refractivity contribution in [3.8, 4) is 22.6 Å². The number of nitrogens with zero attached hydrogens (tertiary/aromatic N) is 2. The summed E-state index contributed by atoms with van der Waals surface area (Å²) in [5, 5.41) is 8.60. The highest BCUT2D eigenvalue weighted by Gasteiger charge is 1.99. The molecule has 0 spiro atoms. The summed E-state index contributed by atoms with van der Waals surface area (Å²) in [5.74, 6) is 1.63. The van der Waals surface area contributed by atoms with Crippen molar-refractivity contribution in [1.82, 2.24) is 0 Å². The van der Waals surface area contributed by atoms with E-state index >= 15 is 0 Å². The van der Waals surface area contributed by atoms with Crippen molar-refractivity contribution < 1.29 is 9.47 Å². The largest absolute Gasteiger partial charge is 0.497 e. The van der Waals surface area contributed by atoms with Gasteiger partial charge in [-0.2, -0.15) is 10.2 Å². The first-order chi connectivity index (χ1) is 16.7. The predicted octanol–water partition coefficient (Wildman–Crippen LogP) is 6.26. The highest BCUT2D eigenvalue weighted by molar-refractivity contribution is 5.83. The monoisotopic (exact) mass is 450 g/mol. The van der Waals surface area contributed by atoms with Crippen LogP contribution < -0.4 is 20.3 Å². The maximum absolute atomic E-state index is 5.16. The summed E-state index contributed by atoms with van der Waals surface area (Å²) < 4.78 is 10.3. The summed E-state index contributed by atoms with van der Waals surface area (Å²) in [6.45, 7) is 0. The Bertz CT molecular complexity index is 1130. The minimum absolute atomic E-state index is 0.815. The zero-order valence-corrected chi connectivity index (χ0v) is 19.1. The van der Waals surface area contributed by atoms with E-state index in [1.54, 1.807) is 26.6 Å². The molecule has 2 N–H and O–H groups in total. The predicted molar refractivity (Wildman–Crippen MR) is 140 cm³/mol. The molecule has 6 heteroatoms. The van der Waals surface area contributed by atoms with Crippen molar-refractivity contribution >= 4 is 23.8 Å². The normalized spacial score (nSPS) is 11.0. The topological polar surface area (TPSA) is 67.2 Å². The van der Waals surface area contributed by atoms with Crippen LogP contribution in [-0.4, -0.2) is 26.6 Å². The summed E-state index contributed by atoms with van der Waals surface area (Å²) in [4.78, 5) is 0. The van der Waals surface area contributed by atoms with Crippen molar-refractivity contribution in [1.29, 1.82) is 0 Å². The van der Waals surface area contributed by atoms with Crippen LogP contribution in [0.25, 0.3) is 11.1 Å². The molecule has 4 aromatic carbocycles. The Morgan fingerprint density at radius 3 is 1.18 bits per heavy atom. The van der Waals surface area contributed by atoms with Gasteiger partial charge in [0.15, 0.2) is 0 Å². The van der Waals surface area contributed by atoms with Gasteiger partial charge in [0.1, 0.15) is 11.5 Å². The molecule has 6 nitrogen and oxygen atoms in total. The van der Waals surface area contributed by atoms with Crippen LogP contribution in [0.2, 0.25) is 0 Å². The minimum atomic E-state index is 0.815. The SMILES string of the molecule is COc1ccc(N/N=C/c2ccc(-c3ccc(/C=N/Nc4ccc(OC)cc4)cc3)cc2)cc1. The van der Waals surface area contributed by atoms with Gasteiger partial charge in [0, 0.05) is 0 Å². The molecule has 0 radical (unpaired) electrons. The number of benzene rings is 4. The smallest absolute Gasteiger partial charge is 0.119 e. The molecular weight excluding hydrogens is 424 g/mol. The molecule has 0 atom stereocenters. The zero-order valence-electron chi connectivity index (χ0n) is 19.1. The van der Waals surface area contributed by atoms with E-state index in [-0.39, 0.29) is 0 Å². The molecule has 0 saturated carbocycles.